The number of fused-ring (bicyclic) bond motifs is 1. The SMILES string of the molecule is CC(C)(C)S(=O)(=O)CCNC(=O)CCn1ccc2ccccc21. The Bertz CT molecular complexity index is 786. The summed E-state index contributed by atoms with van der Waals surface area (Å²) in [5.74, 6) is -0.166. The smallest absolute Gasteiger partial charge is 0.221 e. The lowest BCUT2D eigenvalue weighted by atomic mass is 10.2. The minimum Gasteiger partial charge on any atom is -0.355 e. The second-order valence-corrected chi connectivity index (χ2v) is 9.46. The summed E-state index contributed by atoms with van der Waals surface area (Å²) in [6.07, 6.45) is 2.29. The standard InChI is InChI=1S/C17H24N2O3S/c1-17(2,3)23(21,22)13-10-18-16(20)9-12-19-11-8-14-6-4-5-7-15(14)19/h4-8,11H,9-10,12-13H2,1-3H3,(H,18,20). The van der Waals surface area contributed by atoms with Gasteiger partial charge in [-0.25, -0.2) is 8.42 Å². The van der Waals surface area contributed by atoms with Gasteiger partial charge in [0.05, 0.1) is 10.5 Å². The van der Waals surface area contributed by atoms with Gasteiger partial charge in [0.2, 0.25) is 5.91 Å². The summed E-state index contributed by atoms with van der Waals surface area (Å²) in [4.78, 5) is 11.9. The van der Waals surface area contributed by atoms with Gasteiger partial charge in [0.25, 0.3) is 0 Å². The fourth-order valence-electron chi connectivity index (χ4n) is 2.28. The first kappa shape index (κ1) is 17.5. The van der Waals surface area contributed by atoms with Gasteiger partial charge in [-0.15, -0.1) is 0 Å². The van der Waals surface area contributed by atoms with Gasteiger partial charge < -0.3 is 9.88 Å². The van der Waals surface area contributed by atoms with Crippen molar-refractivity contribution in [2.45, 2.75) is 38.5 Å². The van der Waals surface area contributed by atoms with Crippen LogP contribution in [0.25, 0.3) is 10.9 Å². The summed E-state index contributed by atoms with van der Waals surface area (Å²) in [5, 5.41) is 3.83. The molecule has 0 aliphatic carbocycles. The second-order valence-electron chi connectivity index (χ2n) is 6.60. The maximum Gasteiger partial charge on any atom is 0.221 e. The monoisotopic (exact) mass is 336 g/mol. The maximum atomic E-state index is 12.0. The van der Waals surface area contributed by atoms with Gasteiger partial charge in [-0.2, -0.15) is 0 Å². The van der Waals surface area contributed by atoms with Crippen LogP contribution in [0.5, 0.6) is 0 Å². The summed E-state index contributed by atoms with van der Waals surface area (Å²) in [5.41, 5.74) is 1.09. The normalized spacial score (nSPS) is 12.5. The average Bonchev–Trinajstić information content (AvgIpc) is 2.87. The fraction of sp³-hybridized carbons (Fsp3) is 0.471. The van der Waals surface area contributed by atoms with E-state index in [1.807, 2.05) is 41.1 Å². The molecule has 5 nitrogen and oxygen atoms in total. The lowest BCUT2D eigenvalue weighted by molar-refractivity contribution is -0.121. The Morgan fingerprint density at radius 3 is 2.57 bits per heavy atom. The summed E-state index contributed by atoms with van der Waals surface area (Å²) < 4.78 is 25.2. The zero-order chi connectivity index (χ0) is 17.1. The molecule has 23 heavy (non-hydrogen) atoms. The summed E-state index contributed by atoms with van der Waals surface area (Å²) in [7, 11) is -3.20. The number of amides is 1. The van der Waals surface area contributed by atoms with Crippen LogP contribution in [0.4, 0.5) is 0 Å². The number of sulfone groups is 1. The first-order valence-electron chi connectivity index (χ1n) is 7.73. The van der Waals surface area contributed by atoms with Crippen LogP contribution in [0.3, 0.4) is 0 Å². The molecule has 6 heteroatoms. The van der Waals surface area contributed by atoms with E-state index < -0.39 is 14.6 Å². The molecule has 0 aliphatic rings. The van der Waals surface area contributed by atoms with E-state index in [9.17, 15) is 13.2 Å². The van der Waals surface area contributed by atoms with E-state index in [2.05, 4.69) is 5.32 Å². The van der Waals surface area contributed by atoms with Gasteiger partial charge in [-0.05, 0) is 38.3 Å². The number of carbonyl (C=O) groups is 1. The highest BCUT2D eigenvalue weighted by Gasteiger charge is 2.28. The molecule has 1 aromatic carbocycles. The van der Waals surface area contributed by atoms with E-state index in [0.717, 1.165) is 10.9 Å². The third kappa shape index (κ3) is 4.34. The summed E-state index contributed by atoms with van der Waals surface area (Å²) >= 11 is 0. The van der Waals surface area contributed by atoms with Crippen LogP contribution in [-0.4, -0.2) is 35.9 Å². The largest absolute Gasteiger partial charge is 0.355 e. The van der Waals surface area contributed by atoms with Crippen molar-refractivity contribution in [3.05, 3.63) is 36.5 Å². The average molecular weight is 336 g/mol. The molecule has 0 bridgehead atoms. The fourth-order valence-corrected chi connectivity index (χ4v) is 3.26. The van der Waals surface area contributed by atoms with Crippen molar-refractivity contribution in [1.29, 1.82) is 0 Å². The zero-order valence-electron chi connectivity index (χ0n) is 13.9. The Labute approximate surface area is 137 Å². The van der Waals surface area contributed by atoms with Crippen molar-refractivity contribution in [2.24, 2.45) is 0 Å². The van der Waals surface area contributed by atoms with Crippen molar-refractivity contribution in [3.63, 3.8) is 0 Å². The highest BCUT2D eigenvalue weighted by Crippen LogP contribution is 2.16. The number of nitrogens with one attached hydrogen (secondary N) is 1. The molecule has 0 atom stereocenters. The Kier molecular flexibility index (Phi) is 5.14. The van der Waals surface area contributed by atoms with Crippen LogP contribution in [0.1, 0.15) is 27.2 Å². The minimum absolute atomic E-state index is 0.0330. The Balaban J connectivity index is 1.82. The predicted octanol–water partition coefficient (Wildman–Crippen LogP) is 2.36. The molecule has 0 radical (unpaired) electrons. The van der Waals surface area contributed by atoms with Gasteiger partial charge in [0.1, 0.15) is 0 Å². The molecular weight excluding hydrogens is 312 g/mol. The van der Waals surface area contributed by atoms with Crippen molar-refractivity contribution < 1.29 is 13.2 Å². The van der Waals surface area contributed by atoms with Crippen LogP contribution in [0.15, 0.2) is 36.5 Å². The van der Waals surface area contributed by atoms with Crippen molar-refractivity contribution in [3.8, 4) is 0 Å². The predicted molar refractivity (Wildman–Crippen MR) is 93.1 cm³/mol. The van der Waals surface area contributed by atoms with E-state index in [1.54, 1.807) is 20.8 Å². The van der Waals surface area contributed by atoms with E-state index in [1.165, 1.54) is 0 Å². The van der Waals surface area contributed by atoms with E-state index in [0.29, 0.717) is 13.0 Å². The lowest BCUT2D eigenvalue weighted by Crippen LogP contribution is -2.36. The van der Waals surface area contributed by atoms with E-state index in [-0.39, 0.29) is 18.2 Å². The number of rotatable bonds is 6. The number of aryl methyl sites for hydroxylation is 1. The molecule has 2 aromatic rings. The Morgan fingerprint density at radius 1 is 1.17 bits per heavy atom. The molecule has 0 unspecified atom stereocenters. The number of hydrogen-bond donors (Lipinski definition) is 1. The molecule has 0 fully saturated rings. The third-order valence-electron chi connectivity index (χ3n) is 3.89. The second kappa shape index (κ2) is 6.74. The maximum absolute atomic E-state index is 12.0. The van der Waals surface area contributed by atoms with Crippen molar-refractivity contribution in [2.75, 3.05) is 12.3 Å². The number of nitrogens with zero attached hydrogens (tertiary/aromatic N) is 1. The van der Waals surface area contributed by atoms with Gasteiger partial charge in [0.15, 0.2) is 9.84 Å². The summed E-state index contributed by atoms with van der Waals surface area (Å²) in [6.45, 7) is 5.74. The molecule has 0 spiro atoms. The lowest BCUT2D eigenvalue weighted by Gasteiger charge is -2.19. The van der Waals surface area contributed by atoms with Gasteiger partial charge >= 0.3 is 0 Å². The third-order valence-corrected chi connectivity index (χ3v) is 6.49. The zero-order valence-corrected chi connectivity index (χ0v) is 14.7. The molecule has 1 aromatic heterocycles. The van der Waals surface area contributed by atoms with Crippen molar-refractivity contribution >= 4 is 26.6 Å². The van der Waals surface area contributed by atoms with Crippen LogP contribution < -0.4 is 5.32 Å². The first-order chi connectivity index (χ1) is 10.7. The first-order valence-corrected chi connectivity index (χ1v) is 9.39. The summed E-state index contributed by atoms with van der Waals surface area (Å²) in [6, 6.07) is 10.0. The van der Waals surface area contributed by atoms with E-state index >= 15 is 0 Å². The number of aromatic nitrogens is 1. The molecule has 126 valence electrons. The molecule has 0 saturated heterocycles. The van der Waals surface area contributed by atoms with Crippen molar-refractivity contribution in [1.82, 2.24) is 9.88 Å². The molecule has 1 amide bonds. The molecule has 2 rings (SSSR count). The molecule has 0 aliphatic heterocycles. The van der Waals surface area contributed by atoms with Gasteiger partial charge in [0, 0.05) is 31.2 Å². The Morgan fingerprint density at radius 2 is 1.87 bits per heavy atom. The molecule has 1 heterocycles. The Hall–Kier alpha value is -1.82. The topological polar surface area (TPSA) is 68.2 Å². The van der Waals surface area contributed by atoms with Gasteiger partial charge in [-0.1, -0.05) is 18.2 Å². The molecule has 0 saturated carbocycles. The minimum atomic E-state index is -3.20. The van der Waals surface area contributed by atoms with Crippen LogP contribution >= 0.6 is 0 Å². The van der Waals surface area contributed by atoms with E-state index in [4.69, 9.17) is 0 Å². The number of para-hydroxylation sites is 1. The van der Waals surface area contributed by atoms with Crippen LogP contribution in [-0.2, 0) is 21.2 Å². The van der Waals surface area contributed by atoms with Crippen LogP contribution in [0.2, 0.25) is 0 Å². The molecular formula is C17H24N2O3S. The quantitative estimate of drug-likeness (QED) is 0.880. The van der Waals surface area contributed by atoms with Gasteiger partial charge in [-0.3, -0.25) is 4.79 Å². The molecule has 1 N–H and O–H groups in total. The highest BCUT2D eigenvalue weighted by atomic mass is 32.2. The number of carbonyl (C=O) groups excluding carboxylic acids is 1. The number of benzene rings is 1. The van der Waals surface area contributed by atoms with Crippen LogP contribution in [0, 0.1) is 0 Å². The number of hydrogen-bond acceptors (Lipinski definition) is 3. The highest BCUT2D eigenvalue weighted by molar-refractivity contribution is 7.92.